The fourth-order valence-electron chi connectivity index (χ4n) is 1.25. The minimum absolute atomic E-state index is 0.0407. The van der Waals surface area contributed by atoms with E-state index in [1.165, 1.54) is 0 Å². The molecule has 0 spiro atoms. The summed E-state index contributed by atoms with van der Waals surface area (Å²) in [6, 6.07) is 1.67. The van der Waals surface area contributed by atoms with Gasteiger partial charge in [-0.15, -0.1) is 0 Å². The number of hydrogen-bond donors (Lipinski definition) is 3. The third kappa shape index (κ3) is 2.32. The van der Waals surface area contributed by atoms with E-state index in [2.05, 4.69) is 4.98 Å². The number of aromatic amines is 1. The monoisotopic (exact) mass is 182 g/mol. The maximum atomic E-state index is 10.6. The molecule has 1 atom stereocenters. The highest BCUT2D eigenvalue weighted by Gasteiger charge is 2.10. The van der Waals surface area contributed by atoms with Gasteiger partial charge in [-0.2, -0.15) is 0 Å². The molecule has 0 fully saturated rings. The molecule has 0 radical (unpaired) electrons. The Morgan fingerprint density at radius 1 is 1.77 bits per heavy atom. The maximum absolute atomic E-state index is 10.6. The Bertz CT molecular complexity index is 315. The van der Waals surface area contributed by atoms with E-state index in [1.807, 2.05) is 13.8 Å². The Balaban J connectivity index is 2.90. The highest BCUT2D eigenvalue weighted by Crippen LogP contribution is 2.11. The van der Waals surface area contributed by atoms with Gasteiger partial charge in [0.2, 0.25) is 0 Å². The van der Waals surface area contributed by atoms with Crippen LogP contribution in [-0.2, 0) is 6.42 Å². The van der Waals surface area contributed by atoms with Crippen molar-refractivity contribution >= 4 is 5.97 Å². The van der Waals surface area contributed by atoms with Crippen LogP contribution in [0.1, 0.15) is 28.7 Å². The van der Waals surface area contributed by atoms with Gasteiger partial charge in [0, 0.05) is 18.2 Å². The van der Waals surface area contributed by atoms with Gasteiger partial charge in [0.05, 0.1) is 0 Å². The summed E-state index contributed by atoms with van der Waals surface area (Å²) in [6.45, 7) is 3.77. The van der Waals surface area contributed by atoms with E-state index in [-0.39, 0.29) is 11.7 Å². The number of aryl methyl sites for hydroxylation is 1. The van der Waals surface area contributed by atoms with Crippen LogP contribution < -0.4 is 5.73 Å². The summed E-state index contributed by atoms with van der Waals surface area (Å²) >= 11 is 0. The SMILES string of the molecule is Cc1cc(C(=O)O)[nH]c1CC(C)N. The number of aromatic carboxylic acids is 1. The van der Waals surface area contributed by atoms with Gasteiger partial charge in [0.25, 0.3) is 0 Å². The molecule has 13 heavy (non-hydrogen) atoms. The summed E-state index contributed by atoms with van der Waals surface area (Å²) in [7, 11) is 0. The van der Waals surface area contributed by atoms with Crippen molar-refractivity contribution in [3.05, 3.63) is 23.0 Å². The lowest BCUT2D eigenvalue weighted by Gasteiger charge is -2.03. The standard InChI is InChI=1S/C9H14N2O2/c1-5-3-8(9(12)13)11-7(5)4-6(2)10/h3,6,11H,4,10H2,1-2H3,(H,12,13). The van der Waals surface area contributed by atoms with Gasteiger partial charge < -0.3 is 15.8 Å². The number of H-pyrrole nitrogens is 1. The predicted molar refractivity (Wildman–Crippen MR) is 49.8 cm³/mol. The van der Waals surface area contributed by atoms with Crippen LogP contribution in [-0.4, -0.2) is 22.1 Å². The molecule has 4 heteroatoms. The van der Waals surface area contributed by atoms with E-state index in [9.17, 15) is 4.79 Å². The third-order valence-electron chi connectivity index (χ3n) is 1.88. The normalized spacial score (nSPS) is 12.8. The van der Waals surface area contributed by atoms with Crippen LogP contribution in [0.3, 0.4) is 0 Å². The first kappa shape index (κ1) is 9.80. The second-order valence-electron chi connectivity index (χ2n) is 3.33. The molecule has 1 rings (SSSR count). The van der Waals surface area contributed by atoms with Gasteiger partial charge in [-0.3, -0.25) is 0 Å². The van der Waals surface area contributed by atoms with Crippen molar-refractivity contribution in [1.82, 2.24) is 4.98 Å². The van der Waals surface area contributed by atoms with Crippen molar-refractivity contribution in [1.29, 1.82) is 0 Å². The van der Waals surface area contributed by atoms with Crippen molar-refractivity contribution < 1.29 is 9.90 Å². The van der Waals surface area contributed by atoms with Crippen molar-refractivity contribution in [2.75, 3.05) is 0 Å². The summed E-state index contributed by atoms with van der Waals surface area (Å²) in [5, 5.41) is 8.69. The zero-order chi connectivity index (χ0) is 10.0. The molecule has 4 nitrogen and oxygen atoms in total. The molecule has 0 saturated carbocycles. The quantitative estimate of drug-likeness (QED) is 0.650. The molecule has 0 aliphatic carbocycles. The largest absolute Gasteiger partial charge is 0.477 e. The number of carboxylic acid groups (broad SMARTS) is 1. The zero-order valence-corrected chi connectivity index (χ0v) is 7.79. The van der Waals surface area contributed by atoms with Crippen LogP contribution in [0.2, 0.25) is 0 Å². The number of rotatable bonds is 3. The Morgan fingerprint density at radius 2 is 2.38 bits per heavy atom. The predicted octanol–water partition coefficient (Wildman–Crippen LogP) is 0.911. The molecule has 0 aliphatic heterocycles. The van der Waals surface area contributed by atoms with Gasteiger partial charge in [-0.05, 0) is 25.5 Å². The first-order valence-corrected chi connectivity index (χ1v) is 4.18. The fourth-order valence-corrected chi connectivity index (χ4v) is 1.25. The zero-order valence-electron chi connectivity index (χ0n) is 7.79. The second-order valence-corrected chi connectivity index (χ2v) is 3.33. The van der Waals surface area contributed by atoms with Crippen LogP contribution in [0.25, 0.3) is 0 Å². The first-order chi connectivity index (χ1) is 6.00. The van der Waals surface area contributed by atoms with E-state index in [0.717, 1.165) is 11.3 Å². The molecular formula is C9H14N2O2. The minimum atomic E-state index is -0.931. The van der Waals surface area contributed by atoms with Crippen LogP contribution in [0, 0.1) is 6.92 Å². The lowest BCUT2D eigenvalue weighted by Crippen LogP contribution is -2.18. The van der Waals surface area contributed by atoms with Gasteiger partial charge in [-0.1, -0.05) is 0 Å². The highest BCUT2D eigenvalue weighted by atomic mass is 16.4. The van der Waals surface area contributed by atoms with E-state index in [4.69, 9.17) is 10.8 Å². The molecule has 4 N–H and O–H groups in total. The van der Waals surface area contributed by atoms with Crippen LogP contribution in [0.4, 0.5) is 0 Å². The number of nitrogens with two attached hydrogens (primary N) is 1. The summed E-state index contributed by atoms with van der Waals surface area (Å²) in [5.74, 6) is -0.931. The molecule has 72 valence electrons. The fraction of sp³-hybridized carbons (Fsp3) is 0.444. The smallest absolute Gasteiger partial charge is 0.352 e. The topological polar surface area (TPSA) is 79.1 Å². The molecule has 1 aromatic rings. The Labute approximate surface area is 76.8 Å². The molecule has 1 unspecified atom stereocenters. The molecule has 0 aromatic carbocycles. The molecule has 0 amide bonds. The van der Waals surface area contributed by atoms with E-state index >= 15 is 0 Å². The Kier molecular flexibility index (Phi) is 2.72. The second kappa shape index (κ2) is 3.62. The molecule has 0 saturated heterocycles. The summed E-state index contributed by atoms with van der Waals surface area (Å²) < 4.78 is 0. The van der Waals surface area contributed by atoms with Crippen molar-refractivity contribution in [2.45, 2.75) is 26.3 Å². The number of aromatic nitrogens is 1. The molecule has 0 bridgehead atoms. The average Bonchev–Trinajstić information content (AvgIpc) is 2.31. The van der Waals surface area contributed by atoms with Crippen LogP contribution in [0.5, 0.6) is 0 Å². The summed E-state index contributed by atoms with van der Waals surface area (Å²) in [6.07, 6.45) is 0.680. The highest BCUT2D eigenvalue weighted by molar-refractivity contribution is 5.86. The molecule has 0 aliphatic rings. The lowest BCUT2D eigenvalue weighted by atomic mass is 10.1. The average molecular weight is 182 g/mol. The van der Waals surface area contributed by atoms with Gasteiger partial charge in [0.1, 0.15) is 5.69 Å². The van der Waals surface area contributed by atoms with Crippen molar-refractivity contribution in [3.63, 3.8) is 0 Å². The summed E-state index contributed by atoms with van der Waals surface area (Å²) in [4.78, 5) is 13.4. The van der Waals surface area contributed by atoms with Crippen LogP contribution >= 0.6 is 0 Å². The van der Waals surface area contributed by atoms with Gasteiger partial charge in [0.15, 0.2) is 0 Å². The number of carboxylic acids is 1. The Morgan fingerprint density at radius 3 is 2.77 bits per heavy atom. The third-order valence-corrected chi connectivity index (χ3v) is 1.88. The first-order valence-electron chi connectivity index (χ1n) is 4.18. The number of nitrogens with one attached hydrogen (secondary N) is 1. The lowest BCUT2D eigenvalue weighted by molar-refractivity contribution is 0.0691. The molecule has 1 aromatic heterocycles. The maximum Gasteiger partial charge on any atom is 0.352 e. The minimum Gasteiger partial charge on any atom is -0.477 e. The van der Waals surface area contributed by atoms with Crippen molar-refractivity contribution in [3.8, 4) is 0 Å². The number of hydrogen-bond acceptors (Lipinski definition) is 2. The van der Waals surface area contributed by atoms with Crippen molar-refractivity contribution in [2.24, 2.45) is 5.73 Å². The molecule has 1 heterocycles. The van der Waals surface area contributed by atoms with E-state index < -0.39 is 5.97 Å². The van der Waals surface area contributed by atoms with E-state index in [1.54, 1.807) is 6.07 Å². The van der Waals surface area contributed by atoms with Gasteiger partial charge >= 0.3 is 5.97 Å². The number of carbonyl (C=O) groups is 1. The van der Waals surface area contributed by atoms with Crippen LogP contribution in [0.15, 0.2) is 6.07 Å². The summed E-state index contributed by atoms with van der Waals surface area (Å²) in [5.41, 5.74) is 7.70. The Hall–Kier alpha value is -1.29. The van der Waals surface area contributed by atoms with E-state index in [0.29, 0.717) is 6.42 Å². The van der Waals surface area contributed by atoms with Gasteiger partial charge in [-0.25, -0.2) is 4.79 Å². The molecular weight excluding hydrogens is 168 g/mol.